The highest BCUT2D eigenvalue weighted by Crippen LogP contribution is 2.34. The minimum Gasteiger partial charge on any atom is -0.480 e. The van der Waals surface area contributed by atoms with Crippen molar-refractivity contribution in [3.05, 3.63) is 47.0 Å². The number of sulfonamides is 2. The van der Waals surface area contributed by atoms with Gasteiger partial charge in [0.2, 0.25) is 31.9 Å². The van der Waals surface area contributed by atoms with Crippen LogP contribution < -0.4 is 25.8 Å². The van der Waals surface area contributed by atoms with Crippen molar-refractivity contribution in [3.8, 4) is 0 Å². The van der Waals surface area contributed by atoms with Crippen LogP contribution in [0.4, 0.5) is 11.4 Å². The fraction of sp³-hybridized carbons (Fsp3) is 0.407. The number of primary sulfonamides is 1. The van der Waals surface area contributed by atoms with Crippen molar-refractivity contribution in [3.63, 3.8) is 0 Å². The number of hydrogen-bond donors (Lipinski definition) is 7. The first-order chi connectivity index (χ1) is 21.5. The number of aliphatic carboxylic acids is 2. The molecule has 0 aromatic heterocycles. The number of carboxylic acid groups (broad SMARTS) is 2. The lowest BCUT2D eigenvalue weighted by molar-refractivity contribution is -0.149. The van der Waals surface area contributed by atoms with E-state index < -0.39 is 77.9 Å². The second kappa shape index (κ2) is 13.9. The molecule has 2 aliphatic rings. The number of carbonyl (C=O) groups excluding carboxylic acids is 2. The van der Waals surface area contributed by atoms with Gasteiger partial charge in [-0.05, 0) is 62.4 Å². The molecule has 4 rings (SSSR count). The highest BCUT2D eigenvalue weighted by molar-refractivity contribution is 7.90. The van der Waals surface area contributed by atoms with Crippen LogP contribution in [0.3, 0.4) is 0 Å². The molecule has 0 aliphatic carbocycles. The van der Waals surface area contributed by atoms with E-state index >= 15 is 0 Å². The lowest BCUT2D eigenvalue weighted by Gasteiger charge is -2.28. The average molecular weight is 701 g/mol. The highest BCUT2D eigenvalue weighted by atomic mass is 35.5. The molecule has 2 amide bonds. The zero-order valence-corrected chi connectivity index (χ0v) is 26.8. The number of nitrogens with two attached hydrogens (primary N) is 1. The van der Waals surface area contributed by atoms with Gasteiger partial charge >= 0.3 is 11.9 Å². The zero-order valence-electron chi connectivity index (χ0n) is 24.4. The van der Waals surface area contributed by atoms with Gasteiger partial charge in [-0.1, -0.05) is 23.7 Å². The van der Waals surface area contributed by atoms with Gasteiger partial charge in [0.1, 0.15) is 21.9 Å². The number of hydrogen-bond acceptors (Lipinski definition) is 10. The molecule has 2 aromatic rings. The van der Waals surface area contributed by atoms with Crippen molar-refractivity contribution in [2.24, 2.45) is 5.14 Å². The molecule has 0 saturated carbocycles. The first-order valence-corrected chi connectivity index (χ1v) is 17.4. The van der Waals surface area contributed by atoms with Crippen molar-refractivity contribution in [1.29, 1.82) is 0 Å². The second-order valence-electron chi connectivity index (χ2n) is 10.9. The molecule has 2 unspecified atom stereocenters. The molecule has 46 heavy (non-hydrogen) atoms. The van der Waals surface area contributed by atoms with Gasteiger partial charge in [-0.3, -0.25) is 19.7 Å². The predicted molar refractivity (Wildman–Crippen MR) is 165 cm³/mol. The van der Waals surface area contributed by atoms with Crippen molar-refractivity contribution < 1.29 is 46.2 Å². The van der Waals surface area contributed by atoms with Crippen LogP contribution in [-0.2, 0) is 45.6 Å². The summed E-state index contributed by atoms with van der Waals surface area (Å²) < 4.78 is 51.2. The van der Waals surface area contributed by atoms with Crippen LogP contribution in [-0.4, -0.2) is 86.5 Å². The van der Waals surface area contributed by atoms with E-state index in [1.807, 2.05) is 0 Å². The molecule has 4 atom stereocenters. The quantitative estimate of drug-likeness (QED) is 0.160. The number of halogens is 1. The molecule has 1 saturated heterocycles. The van der Waals surface area contributed by atoms with Crippen molar-refractivity contribution >= 4 is 66.8 Å². The van der Waals surface area contributed by atoms with Gasteiger partial charge in [0.15, 0.2) is 0 Å². The molecule has 19 heteroatoms. The number of rotatable bonds is 12. The molecule has 8 N–H and O–H groups in total. The van der Waals surface area contributed by atoms with Gasteiger partial charge in [0, 0.05) is 12.2 Å². The standard InChI is InChI=1S/C27H33ClN6O10S2/c1-14(25(36)34-10-2-3-20(34)27(39)40)30-18(26(37)38)9-6-15-4-7-16(8-5-15)31-24(35)13-23-32-19-11-17(28)21(45(29,41)42)12-22(19)46(43,44)33-23/h4-5,7-8,11-12,14,18,20,23,30,32-33H,2-3,6,9-10,13H2,1H3,(H,31,35)(H,37,38)(H,39,40)(H2,29,41,42)/t14-,18?,20-,23?/m0/s1. The molecule has 0 radical (unpaired) electrons. The number of likely N-dealkylation sites (tertiary alicyclic amines) is 1. The van der Waals surface area contributed by atoms with Gasteiger partial charge < -0.3 is 25.7 Å². The van der Waals surface area contributed by atoms with Crippen LogP contribution in [0.25, 0.3) is 0 Å². The maximum atomic E-state index is 12.8. The number of fused-ring (bicyclic) bond motifs is 1. The SMILES string of the molecule is C[C@H](NC(CCc1ccc(NC(=O)CC2Nc3cc(Cl)c(S(N)(=O)=O)cc3S(=O)(=O)N2)cc1)C(=O)O)C(=O)N1CCC[C@H]1C(=O)O. The van der Waals surface area contributed by atoms with Crippen LogP contribution in [0.1, 0.15) is 38.2 Å². The predicted octanol–water partition coefficient (Wildman–Crippen LogP) is 0.486. The molecule has 2 aliphatic heterocycles. The zero-order chi connectivity index (χ0) is 34.0. The summed E-state index contributed by atoms with van der Waals surface area (Å²) in [6.07, 6.45) is -0.0900. The van der Waals surface area contributed by atoms with E-state index in [4.69, 9.17) is 16.7 Å². The number of amides is 2. The van der Waals surface area contributed by atoms with Crippen LogP contribution in [0, 0.1) is 0 Å². The lowest BCUT2D eigenvalue weighted by Crippen LogP contribution is -2.53. The molecule has 0 spiro atoms. The number of anilines is 2. The van der Waals surface area contributed by atoms with E-state index in [1.165, 1.54) is 11.8 Å². The summed E-state index contributed by atoms with van der Waals surface area (Å²) in [5, 5.41) is 32.1. The molecule has 2 aromatic carbocycles. The Labute approximate surface area is 269 Å². The van der Waals surface area contributed by atoms with Crippen molar-refractivity contribution in [1.82, 2.24) is 14.9 Å². The Morgan fingerprint density at radius 2 is 1.83 bits per heavy atom. The Morgan fingerprint density at radius 1 is 1.15 bits per heavy atom. The van der Waals surface area contributed by atoms with Gasteiger partial charge in [-0.25, -0.2) is 26.8 Å². The average Bonchev–Trinajstić information content (AvgIpc) is 3.44. The van der Waals surface area contributed by atoms with E-state index in [0.29, 0.717) is 31.5 Å². The number of nitrogens with one attached hydrogen (secondary N) is 4. The third kappa shape index (κ3) is 8.31. The topological polar surface area (TPSA) is 254 Å². The van der Waals surface area contributed by atoms with E-state index in [9.17, 15) is 46.2 Å². The number of carboxylic acids is 2. The Hall–Kier alpha value is -3.81. The van der Waals surface area contributed by atoms with Gasteiger partial charge in [0.25, 0.3) is 0 Å². The molecule has 250 valence electrons. The van der Waals surface area contributed by atoms with Gasteiger partial charge in [-0.2, -0.15) is 4.72 Å². The van der Waals surface area contributed by atoms with Gasteiger partial charge in [0.05, 0.1) is 29.3 Å². The van der Waals surface area contributed by atoms with Crippen LogP contribution in [0.2, 0.25) is 5.02 Å². The van der Waals surface area contributed by atoms with E-state index in [2.05, 4.69) is 20.7 Å². The van der Waals surface area contributed by atoms with Crippen LogP contribution >= 0.6 is 11.6 Å². The molecule has 1 fully saturated rings. The summed E-state index contributed by atoms with van der Waals surface area (Å²) in [4.78, 5) is 49.1. The molecule has 16 nitrogen and oxygen atoms in total. The van der Waals surface area contributed by atoms with Crippen LogP contribution in [0.5, 0.6) is 0 Å². The summed E-state index contributed by atoms with van der Waals surface area (Å²) in [5.41, 5.74) is 1.12. The van der Waals surface area contributed by atoms with E-state index in [1.54, 1.807) is 24.3 Å². The lowest BCUT2D eigenvalue weighted by atomic mass is 10.0. The van der Waals surface area contributed by atoms with E-state index in [-0.39, 0.29) is 23.6 Å². The second-order valence-corrected chi connectivity index (χ2v) is 14.6. The van der Waals surface area contributed by atoms with Crippen molar-refractivity contribution in [2.45, 2.75) is 73.1 Å². The third-order valence-electron chi connectivity index (χ3n) is 7.55. The minimum absolute atomic E-state index is 0.00767. The minimum atomic E-state index is -4.29. The Kier molecular flexibility index (Phi) is 10.6. The summed E-state index contributed by atoms with van der Waals surface area (Å²) in [7, 11) is -8.51. The Morgan fingerprint density at radius 3 is 2.43 bits per heavy atom. The van der Waals surface area contributed by atoms with Crippen molar-refractivity contribution in [2.75, 3.05) is 17.2 Å². The maximum Gasteiger partial charge on any atom is 0.326 e. The number of aryl methyl sites for hydroxylation is 1. The third-order valence-corrected chi connectivity index (χ3v) is 10.4. The Bertz CT molecular complexity index is 1750. The molecular formula is C27H33ClN6O10S2. The first-order valence-electron chi connectivity index (χ1n) is 14.0. The number of benzene rings is 2. The maximum absolute atomic E-state index is 12.8. The number of carbonyl (C=O) groups is 4. The summed E-state index contributed by atoms with van der Waals surface area (Å²) in [6, 6.07) is 5.54. The fourth-order valence-corrected chi connectivity index (χ4v) is 7.80. The largest absolute Gasteiger partial charge is 0.480 e. The van der Waals surface area contributed by atoms with Crippen LogP contribution in [0.15, 0.2) is 46.2 Å². The first kappa shape index (κ1) is 35.1. The normalized spacial score (nSPS) is 20.2. The summed E-state index contributed by atoms with van der Waals surface area (Å²) in [5.74, 6) is -3.29. The smallest absolute Gasteiger partial charge is 0.326 e. The monoisotopic (exact) mass is 700 g/mol. The molecule has 0 bridgehead atoms. The molecule has 2 heterocycles. The summed E-state index contributed by atoms with van der Waals surface area (Å²) >= 11 is 5.98. The number of nitrogens with zero attached hydrogens (tertiary/aromatic N) is 1. The van der Waals surface area contributed by atoms with Gasteiger partial charge in [-0.15, -0.1) is 0 Å². The molecular weight excluding hydrogens is 668 g/mol. The highest BCUT2D eigenvalue weighted by Gasteiger charge is 2.37. The fourth-order valence-electron chi connectivity index (χ4n) is 5.30. The Balaban J connectivity index is 1.31. The van der Waals surface area contributed by atoms with E-state index in [0.717, 1.165) is 17.7 Å². The summed E-state index contributed by atoms with van der Waals surface area (Å²) in [6.45, 7) is 1.79.